The number of allylic oxidation sites excluding steroid dienone is 2. The van der Waals surface area contributed by atoms with Gasteiger partial charge in [-0.3, -0.25) is 9.59 Å². The Morgan fingerprint density at radius 3 is 1.46 bits per heavy atom. The molecule has 0 aliphatic rings. The average Bonchev–Trinajstić information content (AvgIpc) is 2.67. The highest BCUT2D eigenvalue weighted by atomic mass is 16.1. The van der Waals surface area contributed by atoms with Gasteiger partial charge in [0.15, 0.2) is 11.6 Å². The molecule has 0 atom stereocenters. The molecule has 3 rings (SSSR count). The first-order valence-electron chi connectivity index (χ1n) is 7.72. The lowest BCUT2D eigenvalue weighted by Gasteiger charge is -2.07. The average molecular weight is 312 g/mol. The summed E-state index contributed by atoms with van der Waals surface area (Å²) in [5, 5.41) is 0. The second kappa shape index (κ2) is 7.34. The highest BCUT2D eigenvalue weighted by Crippen LogP contribution is 2.21. The highest BCUT2D eigenvalue weighted by molar-refractivity contribution is 6.32. The van der Waals surface area contributed by atoms with Crippen molar-refractivity contribution in [1.29, 1.82) is 0 Å². The van der Waals surface area contributed by atoms with Crippen molar-refractivity contribution in [2.24, 2.45) is 0 Å². The molecule has 0 aromatic heterocycles. The van der Waals surface area contributed by atoms with E-state index in [4.69, 9.17) is 0 Å². The first-order chi connectivity index (χ1) is 11.8. The predicted molar refractivity (Wildman–Crippen MR) is 96.0 cm³/mol. The van der Waals surface area contributed by atoms with Crippen LogP contribution in [0.1, 0.15) is 26.3 Å². The number of Topliss-reactive ketones (excluding diaryl/α,β-unsaturated/α-hetero) is 1. The quantitative estimate of drug-likeness (QED) is 0.499. The van der Waals surface area contributed by atoms with Gasteiger partial charge in [-0.05, 0) is 11.6 Å². The van der Waals surface area contributed by atoms with Crippen LogP contribution in [0.2, 0.25) is 0 Å². The zero-order valence-corrected chi connectivity index (χ0v) is 13.1. The van der Waals surface area contributed by atoms with Gasteiger partial charge < -0.3 is 0 Å². The second-order valence-electron chi connectivity index (χ2n) is 5.35. The summed E-state index contributed by atoms with van der Waals surface area (Å²) in [6.45, 7) is 0. The van der Waals surface area contributed by atoms with Gasteiger partial charge in [0, 0.05) is 16.7 Å². The minimum Gasteiger partial charge on any atom is -0.289 e. The van der Waals surface area contributed by atoms with Gasteiger partial charge in [0.25, 0.3) is 0 Å². The Morgan fingerprint density at radius 1 is 0.542 bits per heavy atom. The summed E-state index contributed by atoms with van der Waals surface area (Å²) in [7, 11) is 0. The van der Waals surface area contributed by atoms with Crippen LogP contribution < -0.4 is 0 Å². The zero-order chi connectivity index (χ0) is 16.8. The maximum Gasteiger partial charge on any atom is 0.193 e. The second-order valence-corrected chi connectivity index (χ2v) is 5.35. The fourth-order valence-electron chi connectivity index (χ4n) is 2.46. The Morgan fingerprint density at radius 2 is 0.958 bits per heavy atom. The van der Waals surface area contributed by atoms with Crippen molar-refractivity contribution in [2.45, 2.75) is 0 Å². The van der Waals surface area contributed by atoms with E-state index in [2.05, 4.69) is 0 Å². The van der Waals surface area contributed by atoms with E-state index < -0.39 is 0 Å². The number of benzene rings is 3. The number of hydrogen-bond donors (Lipinski definition) is 0. The Balaban J connectivity index is 2.05. The predicted octanol–water partition coefficient (Wildman–Crippen LogP) is 4.84. The maximum absolute atomic E-state index is 12.9. The van der Waals surface area contributed by atoms with Gasteiger partial charge >= 0.3 is 0 Å². The lowest BCUT2D eigenvalue weighted by atomic mass is 9.94. The molecule has 0 heterocycles. The van der Waals surface area contributed by atoms with Crippen molar-refractivity contribution < 1.29 is 9.59 Å². The molecule has 116 valence electrons. The van der Waals surface area contributed by atoms with Crippen LogP contribution in [0.3, 0.4) is 0 Å². The maximum atomic E-state index is 12.9. The van der Waals surface area contributed by atoms with Crippen molar-refractivity contribution in [3.05, 3.63) is 114 Å². The monoisotopic (exact) mass is 312 g/mol. The molecule has 3 aromatic rings. The molecule has 0 fully saturated rings. The molecule has 0 saturated carbocycles. The Hall–Kier alpha value is -3.26. The van der Waals surface area contributed by atoms with Crippen molar-refractivity contribution in [3.63, 3.8) is 0 Å². The molecule has 0 aliphatic heterocycles. The van der Waals surface area contributed by atoms with Crippen LogP contribution in [0, 0.1) is 0 Å². The third-order valence-corrected chi connectivity index (χ3v) is 3.70. The number of carbonyl (C=O) groups excluding carboxylic acids is 2. The summed E-state index contributed by atoms with van der Waals surface area (Å²) in [5.74, 6) is -0.343. The number of carbonyl (C=O) groups is 2. The summed E-state index contributed by atoms with van der Waals surface area (Å²) in [5.41, 5.74) is 2.26. The Bertz CT molecular complexity index is 864. The van der Waals surface area contributed by atoms with Crippen LogP contribution in [0.4, 0.5) is 0 Å². The van der Waals surface area contributed by atoms with Crippen molar-refractivity contribution in [3.8, 4) is 0 Å². The third kappa shape index (κ3) is 3.55. The molecular weight excluding hydrogens is 296 g/mol. The van der Waals surface area contributed by atoms with E-state index >= 15 is 0 Å². The third-order valence-electron chi connectivity index (χ3n) is 3.70. The van der Waals surface area contributed by atoms with Gasteiger partial charge in [-0.1, -0.05) is 91.0 Å². The molecule has 0 unspecified atom stereocenters. The SMILES string of the molecule is O=C(/C=C(\C(=O)c1ccccc1)c1ccccc1)c1ccccc1. The Labute approximate surface area is 141 Å². The standard InChI is InChI=1S/C22H16O2/c23-21(18-12-6-2-7-13-18)16-20(17-10-4-1-5-11-17)22(24)19-14-8-3-9-15-19/h1-16H/b20-16-. The van der Waals surface area contributed by atoms with E-state index in [0.717, 1.165) is 5.56 Å². The smallest absolute Gasteiger partial charge is 0.193 e. The molecule has 3 aromatic carbocycles. The minimum absolute atomic E-state index is 0.161. The first kappa shape index (κ1) is 15.6. The minimum atomic E-state index is -0.182. The Kier molecular flexibility index (Phi) is 4.78. The fraction of sp³-hybridized carbons (Fsp3) is 0. The van der Waals surface area contributed by atoms with Gasteiger partial charge in [-0.25, -0.2) is 0 Å². The van der Waals surface area contributed by atoms with Crippen LogP contribution in [0.15, 0.2) is 97.1 Å². The highest BCUT2D eigenvalue weighted by Gasteiger charge is 2.16. The van der Waals surface area contributed by atoms with E-state index in [1.807, 2.05) is 66.7 Å². The number of rotatable bonds is 5. The molecule has 2 nitrogen and oxygen atoms in total. The number of hydrogen-bond acceptors (Lipinski definition) is 2. The molecule has 2 heteroatoms. The molecule has 0 aliphatic carbocycles. The largest absolute Gasteiger partial charge is 0.289 e. The molecule has 24 heavy (non-hydrogen) atoms. The van der Waals surface area contributed by atoms with E-state index in [-0.39, 0.29) is 11.6 Å². The van der Waals surface area contributed by atoms with Gasteiger partial charge in [-0.15, -0.1) is 0 Å². The molecule has 0 radical (unpaired) electrons. The number of ketones is 2. The van der Waals surface area contributed by atoms with Gasteiger partial charge in [0.2, 0.25) is 0 Å². The molecular formula is C22H16O2. The molecule has 0 spiro atoms. The lowest BCUT2D eigenvalue weighted by Crippen LogP contribution is -2.06. The van der Waals surface area contributed by atoms with Crippen LogP contribution in [0.5, 0.6) is 0 Å². The van der Waals surface area contributed by atoms with Crippen LogP contribution >= 0.6 is 0 Å². The summed E-state index contributed by atoms with van der Waals surface area (Å²) in [4.78, 5) is 25.4. The van der Waals surface area contributed by atoms with E-state index in [1.165, 1.54) is 6.08 Å². The summed E-state index contributed by atoms with van der Waals surface area (Å²) in [6.07, 6.45) is 1.43. The van der Waals surface area contributed by atoms with Gasteiger partial charge in [0.1, 0.15) is 0 Å². The van der Waals surface area contributed by atoms with E-state index in [9.17, 15) is 9.59 Å². The summed E-state index contributed by atoms with van der Waals surface area (Å²) in [6, 6.07) is 27.2. The van der Waals surface area contributed by atoms with Gasteiger partial charge in [-0.2, -0.15) is 0 Å². The fourth-order valence-corrected chi connectivity index (χ4v) is 2.46. The van der Waals surface area contributed by atoms with Crippen LogP contribution in [-0.2, 0) is 0 Å². The zero-order valence-electron chi connectivity index (χ0n) is 13.1. The first-order valence-corrected chi connectivity index (χ1v) is 7.72. The normalized spacial score (nSPS) is 11.1. The molecule has 0 saturated heterocycles. The van der Waals surface area contributed by atoms with E-state index in [1.54, 1.807) is 24.3 Å². The topological polar surface area (TPSA) is 34.1 Å². The summed E-state index contributed by atoms with van der Waals surface area (Å²) >= 11 is 0. The van der Waals surface area contributed by atoms with Crippen LogP contribution in [0.25, 0.3) is 5.57 Å². The lowest BCUT2D eigenvalue weighted by molar-refractivity contribution is 0.102. The van der Waals surface area contributed by atoms with Crippen molar-refractivity contribution in [2.75, 3.05) is 0 Å². The summed E-state index contributed by atoms with van der Waals surface area (Å²) < 4.78 is 0. The molecule has 0 amide bonds. The molecule has 0 N–H and O–H groups in total. The van der Waals surface area contributed by atoms with Crippen LogP contribution in [-0.4, -0.2) is 11.6 Å². The molecule has 0 bridgehead atoms. The van der Waals surface area contributed by atoms with Crippen molar-refractivity contribution in [1.82, 2.24) is 0 Å². The van der Waals surface area contributed by atoms with Crippen molar-refractivity contribution >= 4 is 17.1 Å². The van der Waals surface area contributed by atoms with E-state index in [0.29, 0.717) is 16.7 Å². The van der Waals surface area contributed by atoms with Gasteiger partial charge in [0.05, 0.1) is 0 Å².